The van der Waals surface area contributed by atoms with E-state index < -0.39 is 17.7 Å². The van der Waals surface area contributed by atoms with E-state index >= 15 is 0 Å². The quantitative estimate of drug-likeness (QED) is 0.603. The van der Waals surface area contributed by atoms with E-state index in [4.69, 9.17) is 9.47 Å². The van der Waals surface area contributed by atoms with Crippen LogP contribution in [-0.2, 0) is 9.53 Å². The van der Waals surface area contributed by atoms with Crippen molar-refractivity contribution >= 4 is 5.97 Å². The van der Waals surface area contributed by atoms with Crippen molar-refractivity contribution in [3.63, 3.8) is 0 Å². The summed E-state index contributed by atoms with van der Waals surface area (Å²) < 4.78 is 11.2. The Morgan fingerprint density at radius 3 is 2.42 bits per heavy atom. The maximum absolute atomic E-state index is 11.9. The maximum Gasteiger partial charge on any atom is 0.331 e. The highest BCUT2D eigenvalue weighted by Gasteiger charge is 2.16. The first-order valence-corrected chi connectivity index (χ1v) is 7.89. The van der Waals surface area contributed by atoms with Crippen molar-refractivity contribution in [2.75, 3.05) is 0 Å². The van der Waals surface area contributed by atoms with E-state index in [1.54, 1.807) is 12.3 Å². The summed E-state index contributed by atoms with van der Waals surface area (Å²) in [6.07, 6.45) is 4.41. The zero-order chi connectivity index (χ0) is 17.6. The summed E-state index contributed by atoms with van der Waals surface area (Å²) in [5, 5.41) is 0. The fourth-order valence-electron chi connectivity index (χ4n) is 2.02. The number of pyridine rings is 1. The van der Waals surface area contributed by atoms with Crippen LogP contribution in [0.15, 0.2) is 60.8 Å². The second-order valence-corrected chi connectivity index (χ2v) is 6.52. The Hall–Kier alpha value is -2.62. The molecule has 0 fully saturated rings. The van der Waals surface area contributed by atoms with Gasteiger partial charge in [0.2, 0.25) is 5.88 Å². The summed E-state index contributed by atoms with van der Waals surface area (Å²) in [7, 11) is 0. The summed E-state index contributed by atoms with van der Waals surface area (Å²) in [4.78, 5) is 16.2. The Labute approximate surface area is 143 Å². The molecule has 4 nitrogen and oxygen atoms in total. The van der Waals surface area contributed by atoms with E-state index in [-0.39, 0.29) is 0 Å². The average Bonchev–Trinajstić information content (AvgIpc) is 2.52. The molecule has 0 saturated carbocycles. The number of nitrogens with zero attached hydrogens (tertiary/aromatic N) is 1. The smallest absolute Gasteiger partial charge is 0.331 e. The van der Waals surface area contributed by atoms with Gasteiger partial charge in [-0.3, -0.25) is 0 Å². The molecule has 0 bridgehead atoms. The SMILES string of the molecule is Cc1ccc(O[C@H](/C=C/C(=O)OC(C)(C)C)c2ccccc2)nc1. The lowest BCUT2D eigenvalue weighted by molar-refractivity contribution is -0.148. The van der Waals surface area contributed by atoms with Crippen LogP contribution in [-0.4, -0.2) is 16.6 Å². The third-order valence-electron chi connectivity index (χ3n) is 3.07. The number of rotatable bonds is 5. The minimum Gasteiger partial charge on any atom is -0.465 e. The van der Waals surface area contributed by atoms with Gasteiger partial charge in [0.25, 0.3) is 0 Å². The molecule has 2 aromatic rings. The topological polar surface area (TPSA) is 48.4 Å². The standard InChI is InChI=1S/C20H23NO3/c1-15-10-12-18(21-14-15)23-17(16-8-6-5-7-9-16)11-13-19(22)24-20(2,3)4/h5-14,17H,1-4H3/b13-11+/t17-/m1/s1. The highest BCUT2D eigenvalue weighted by atomic mass is 16.6. The Balaban J connectivity index is 2.17. The normalized spacial score (nSPS) is 12.8. The predicted octanol–water partition coefficient (Wildman–Crippen LogP) is 4.41. The molecule has 0 aliphatic rings. The van der Waals surface area contributed by atoms with E-state index in [0.717, 1.165) is 11.1 Å². The van der Waals surface area contributed by atoms with Crippen LogP contribution < -0.4 is 4.74 Å². The van der Waals surface area contributed by atoms with Crippen molar-refractivity contribution in [3.8, 4) is 5.88 Å². The number of aromatic nitrogens is 1. The number of esters is 1. The lowest BCUT2D eigenvalue weighted by Crippen LogP contribution is -2.22. The maximum atomic E-state index is 11.9. The summed E-state index contributed by atoms with van der Waals surface area (Å²) in [6, 6.07) is 13.4. The molecule has 126 valence electrons. The summed E-state index contributed by atoms with van der Waals surface area (Å²) in [5.74, 6) is 0.104. The van der Waals surface area contributed by atoms with Gasteiger partial charge in [-0.15, -0.1) is 0 Å². The lowest BCUT2D eigenvalue weighted by Gasteiger charge is -2.19. The van der Waals surface area contributed by atoms with Crippen molar-refractivity contribution < 1.29 is 14.3 Å². The minimum absolute atomic E-state index is 0.399. The van der Waals surface area contributed by atoms with Gasteiger partial charge in [-0.2, -0.15) is 0 Å². The minimum atomic E-state index is -0.525. The molecule has 0 aliphatic carbocycles. The molecule has 2 rings (SSSR count). The molecule has 1 aromatic carbocycles. The fraction of sp³-hybridized carbons (Fsp3) is 0.300. The first kappa shape index (κ1) is 17.7. The number of hydrogen-bond donors (Lipinski definition) is 0. The van der Waals surface area contributed by atoms with Crippen molar-refractivity contribution in [2.24, 2.45) is 0 Å². The molecule has 24 heavy (non-hydrogen) atoms. The molecule has 0 amide bonds. The second kappa shape index (κ2) is 7.77. The van der Waals surface area contributed by atoms with Crippen LogP contribution in [0, 0.1) is 6.92 Å². The zero-order valence-electron chi connectivity index (χ0n) is 14.5. The van der Waals surface area contributed by atoms with Crippen molar-refractivity contribution in [1.29, 1.82) is 0 Å². The Bertz CT molecular complexity index is 685. The summed E-state index contributed by atoms with van der Waals surface area (Å²) in [6.45, 7) is 7.47. The van der Waals surface area contributed by atoms with Crippen LogP contribution in [0.3, 0.4) is 0 Å². The third-order valence-corrected chi connectivity index (χ3v) is 3.07. The first-order chi connectivity index (χ1) is 11.3. The van der Waals surface area contributed by atoms with Gasteiger partial charge in [0.15, 0.2) is 0 Å². The van der Waals surface area contributed by atoms with Crippen molar-refractivity contribution in [3.05, 3.63) is 71.9 Å². The van der Waals surface area contributed by atoms with E-state index in [9.17, 15) is 4.79 Å². The van der Waals surface area contributed by atoms with E-state index in [1.165, 1.54) is 6.08 Å². The summed E-state index contributed by atoms with van der Waals surface area (Å²) in [5.41, 5.74) is 1.46. The molecule has 1 atom stereocenters. The monoisotopic (exact) mass is 325 g/mol. The number of ether oxygens (including phenoxy) is 2. The van der Waals surface area contributed by atoms with E-state index in [2.05, 4.69) is 4.98 Å². The van der Waals surface area contributed by atoms with Gasteiger partial charge in [0, 0.05) is 18.3 Å². The Kier molecular flexibility index (Phi) is 5.74. The van der Waals surface area contributed by atoms with Crippen LogP contribution in [0.5, 0.6) is 5.88 Å². The molecule has 0 saturated heterocycles. The number of hydrogen-bond acceptors (Lipinski definition) is 4. The molecule has 0 spiro atoms. The fourth-order valence-corrected chi connectivity index (χ4v) is 2.02. The predicted molar refractivity (Wildman–Crippen MR) is 93.8 cm³/mol. The van der Waals surface area contributed by atoms with Gasteiger partial charge in [0.1, 0.15) is 11.7 Å². The number of benzene rings is 1. The van der Waals surface area contributed by atoms with Crippen molar-refractivity contribution in [1.82, 2.24) is 4.98 Å². The van der Waals surface area contributed by atoms with Gasteiger partial charge in [-0.05, 0) is 44.9 Å². The average molecular weight is 325 g/mol. The van der Waals surface area contributed by atoms with Gasteiger partial charge in [-0.25, -0.2) is 9.78 Å². The molecule has 0 aliphatic heterocycles. The Morgan fingerprint density at radius 1 is 1.12 bits per heavy atom. The van der Waals surface area contributed by atoms with Crippen LogP contribution in [0.25, 0.3) is 0 Å². The molecule has 4 heteroatoms. The van der Waals surface area contributed by atoms with Gasteiger partial charge < -0.3 is 9.47 Å². The van der Waals surface area contributed by atoms with Crippen LogP contribution >= 0.6 is 0 Å². The zero-order valence-corrected chi connectivity index (χ0v) is 14.5. The first-order valence-electron chi connectivity index (χ1n) is 7.89. The second-order valence-electron chi connectivity index (χ2n) is 6.52. The lowest BCUT2D eigenvalue weighted by atomic mass is 10.1. The van der Waals surface area contributed by atoms with Crippen LogP contribution in [0.2, 0.25) is 0 Å². The van der Waals surface area contributed by atoms with Crippen LogP contribution in [0.4, 0.5) is 0 Å². The van der Waals surface area contributed by atoms with Crippen LogP contribution in [0.1, 0.15) is 38.0 Å². The molecule has 1 aromatic heterocycles. The van der Waals surface area contributed by atoms with Gasteiger partial charge in [-0.1, -0.05) is 36.4 Å². The number of aryl methyl sites for hydroxylation is 1. The Morgan fingerprint density at radius 2 is 1.83 bits per heavy atom. The summed E-state index contributed by atoms with van der Waals surface area (Å²) >= 11 is 0. The van der Waals surface area contributed by atoms with E-state index in [1.807, 2.05) is 70.2 Å². The molecule has 0 unspecified atom stereocenters. The largest absolute Gasteiger partial charge is 0.465 e. The molecule has 0 radical (unpaired) electrons. The highest BCUT2D eigenvalue weighted by molar-refractivity contribution is 5.82. The third kappa shape index (κ3) is 5.88. The number of carbonyl (C=O) groups is 1. The highest BCUT2D eigenvalue weighted by Crippen LogP contribution is 2.22. The molecular formula is C20H23NO3. The molecule has 1 heterocycles. The van der Waals surface area contributed by atoms with Crippen molar-refractivity contribution in [2.45, 2.75) is 39.4 Å². The van der Waals surface area contributed by atoms with Gasteiger partial charge in [0.05, 0.1) is 0 Å². The van der Waals surface area contributed by atoms with E-state index in [0.29, 0.717) is 5.88 Å². The molecular weight excluding hydrogens is 302 g/mol. The molecule has 0 N–H and O–H groups in total. The number of carbonyl (C=O) groups excluding carboxylic acids is 1. The van der Waals surface area contributed by atoms with Gasteiger partial charge >= 0.3 is 5.97 Å².